The molecule has 0 saturated carbocycles. The molecule has 0 aliphatic carbocycles. The molecule has 1 N–H and O–H groups in total. The number of ether oxygens (including phenoxy) is 1. The molecule has 0 bridgehead atoms. The molecule has 0 spiro atoms. The second kappa shape index (κ2) is 7.54. The minimum absolute atomic E-state index is 0.911. The van der Waals surface area contributed by atoms with E-state index in [4.69, 9.17) is 4.74 Å². The minimum Gasteiger partial charge on any atom is -0.453 e. The molecule has 2 aromatic carbocycles. The molecule has 1 aliphatic heterocycles. The van der Waals surface area contributed by atoms with E-state index >= 15 is 0 Å². The normalized spacial score (nSPS) is 12.1. The van der Waals surface area contributed by atoms with Crippen LogP contribution < -0.4 is 10.1 Å². The predicted molar refractivity (Wildman–Crippen MR) is 98.1 cm³/mol. The summed E-state index contributed by atoms with van der Waals surface area (Å²) in [6, 6.07) is 12.4. The molecule has 0 aromatic heterocycles. The molecule has 2 aromatic rings. The average molecular weight is 309 g/mol. The molecule has 0 atom stereocenters. The monoisotopic (exact) mass is 309 g/mol. The van der Waals surface area contributed by atoms with Crippen LogP contribution in [0.25, 0.3) is 0 Å². The van der Waals surface area contributed by atoms with Gasteiger partial charge in [0.25, 0.3) is 0 Å². The van der Waals surface area contributed by atoms with E-state index in [0.717, 1.165) is 29.3 Å². The number of unbranched alkanes of at least 4 members (excludes halogenated alkanes) is 5. The summed E-state index contributed by atoms with van der Waals surface area (Å²) in [6.07, 6.45) is 9.11. The van der Waals surface area contributed by atoms with Crippen molar-refractivity contribution in [3.63, 3.8) is 0 Å². The Morgan fingerprint density at radius 1 is 0.870 bits per heavy atom. The maximum absolute atomic E-state index is 6.07. The van der Waals surface area contributed by atoms with Gasteiger partial charge in [-0.25, -0.2) is 0 Å². The molecule has 0 radical (unpaired) electrons. The standard InChI is InChI=1S/C21H27NO/c1-3-4-5-6-7-8-11-17-16(2)14-15-20-21(17)22-18-12-9-10-13-19(18)23-20/h9-10,12-15,22H,3-8,11H2,1-2H3. The number of nitrogens with one attached hydrogen (secondary N) is 1. The third kappa shape index (κ3) is 3.69. The number of aryl methyl sites for hydroxylation is 1. The van der Waals surface area contributed by atoms with Crippen molar-refractivity contribution in [2.24, 2.45) is 0 Å². The molecule has 2 heteroatoms. The first kappa shape index (κ1) is 15.9. The van der Waals surface area contributed by atoms with Crippen molar-refractivity contribution in [1.29, 1.82) is 0 Å². The van der Waals surface area contributed by atoms with Crippen LogP contribution in [0, 0.1) is 6.92 Å². The first-order valence-electron chi connectivity index (χ1n) is 8.96. The zero-order chi connectivity index (χ0) is 16.1. The number of para-hydroxylation sites is 2. The van der Waals surface area contributed by atoms with Gasteiger partial charge < -0.3 is 10.1 Å². The summed E-state index contributed by atoms with van der Waals surface area (Å²) >= 11 is 0. The van der Waals surface area contributed by atoms with E-state index < -0.39 is 0 Å². The smallest absolute Gasteiger partial charge is 0.151 e. The van der Waals surface area contributed by atoms with E-state index in [1.165, 1.54) is 49.7 Å². The first-order chi connectivity index (χ1) is 11.3. The number of anilines is 2. The molecule has 0 saturated heterocycles. The van der Waals surface area contributed by atoms with E-state index in [9.17, 15) is 0 Å². The Kier molecular flexibility index (Phi) is 5.22. The first-order valence-corrected chi connectivity index (χ1v) is 8.96. The largest absolute Gasteiger partial charge is 0.453 e. The van der Waals surface area contributed by atoms with E-state index in [2.05, 4.69) is 37.4 Å². The van der Waals surface area contributed by atoms with Crippen LogP contribution >= 0.6 is 0 Å². The van der Waals surface area contributed by atoms with Crippen LogP contribution in [0.5, 0.6) is 11.5 Å². The third-order valence-electron chi connectivity index (χ3n) is 4.66. The van der Waals surface area contributed by atoms with E-state index in [0.29, 0.717) is 0 Å². The molecular weight excluding hydrogens is 282 g/mol. The van der Waals surface area contributed by atoms with Gasteiger partial charge in [-0.2, -0.15) is 0 Å². The van der Waals surface area contributed by atoms with E-state index in [1.807, 2.05) is 18.2 Å². The highest BCUT2D eigenvalue weighted by Crippen LogP contribution is 2.44. The van der Waals surface area contributed by atoms with Crippen LogP contribution in [-0.2, 0) is 6.42 Å². The summed E-state index contributed by atoms with van der Waals surface area (Å²) in [4.78, 5) is 0. The predicted octanol–water partition coefficient (Wildman–Crippen LogP) is 6.75. The Morgan fingerprint density at radius 2 is 1.65 bits per heavy atom. The summed E-state index contributed by atoms with van der Waals surface area (Å²) in [5, 5.41) is 3.59. The fraction of sp³-hybridized carbons (Fsp3) is 0.429. The van der Waals surface area contributed by atoms with Crippen molar-refractivity contribution in [3.8, 4) is 11.5 Å². The van der Waals surface area contributed by atoms with E-state index in [-0.39, 0.29) is 0 Å². The van der Waals surface area contributed by atoms with Crippen molar-refractivity contribution in [3.05, 3.63) is 47.5 Å². The van der Waals surface area contributed by atoms with Gasteiger partial charge in [0.2, 0.25) is 0 Å². The lowest BCUT2D eigenvalue weighted by molar-refractivity contribution is 0.480. The summed E-state index contributed by atoms with van der Waals surface area (Å²) in [5.41, 5.74) is 4.99. The van der Waals surface area contributed by atoms with Gasteiger partial charge in [0.05, 0.1) is 11.4 Å². The maximum Gasteiger partial charge on any atom is 0.151 e. The van der Waals surface area contributed by atoms with Crippen molar-refractivity contribution >= 4 is 11.4 Å². The van der Waals surface area contributed by atoms with Crippen LogP contribution in [0.4, 0.5) is 11.4 Å². The van der Waals surface area contributed by atoms with Crippen LogP contribution in [0.2, 0.25) is 0 Å². The Labute approximate surface area is 139 Å². The molecule has 2 nitrogen and oxygen atoms in total. The van der Waals surface area contributed by atoms with Crippen molar-refractivity contribution in [2.75, 3.05) is 5.32 Å². The fourth-order valence-electron chi connectivity index (χ4n) is 3.27. The van der Waals surface area contributed by atoms with Gasteiger partial charge in [0, 0.05) is 0 Å². The fourth-order valence-corrected chi connectivity index (χ4v) is 3.27. The quantitative estimate of drug-likeness (QED) is 0.487. The van der Waals surface area contributed by atoms with Crippen LogP contribution in [0.1, 0.15) is 56.6 Å². The van der Waals surface area contributed by atoms with Crippen LogP contribution in [0.3, 0.4) is 0 Å². The lowest BCUT2D eigenvalue weighted by Crippen LogP contribution is -2.07. The molecule has 0 fully saturated rings. The van der Waals surface area contributed by atoms with E-state index in [1.54, 1.807) is 0 Å². The maximum atomic E-state index is 6.07. The molecule has 1 aliphatic rings. The topological polar surface area (TPSA) is 21.3 Å². The zero-order valence-electron chi connectivity index (χ0n) is 14.3. The highest BCUT2D eigenvalue weighted by atomic mass is 16.5. The molecule has 3 rings (SSSR count). The highest BCUT2D eigenvalue weighted by Gasteiger charge is 2.19. The third-order valence-corrected chi connectivity index (χ3v) is 4.66. The number of fused-ring (bicyclic) bond motifs is 2. The molecular formula is C21H27NO. The summed E-state index contributed by atoms with van der Waals surface area (Å²) in [5.74, 6) is 1.87. The summed E-state index contributed by atoms with van der Waals surface area (Å²) in [7, 11) is 0. The minimum atomic E-state index is 0.911. The lowest BCUT2D eigenvalue weighted by Gasteiger charge is -2.25. The molecule has 0 amide bonds. The Bertz CT molecular complexity index is 663. The second-order valence-electron chi connectivity index (χ2n) is 6.48. The Morgan fingerprint density at radius 3 is 2.52 bits per heavy atom. The average Bonchev–Trinajstić information content (AvgIpc) is 2.58. The zero-order valence-corrected chi connectivity index (χ0v) is 14.3. The number of hydrogen-bond acceptors (Lipinski definition) is 2. The highest BCUT2D eigenvalue weighted by molar-refractivity contribution is 5.78. The SMILES string of the molecule is CCCCCCCCc1c(C)ccc2c1Nc1ccccc1O2. The number of rotatable bonds is 7. The van der Waals surface area contributed by atoms with Crippen molar-refractivity contribution in [1.82, 2.24) is 0 Å². The van der Waals surface area contributed by atoms with Gasteiger partial charge in [-0.15, -0.1) is 0 Å². The molecule has 1 heterocycles. The Balaban J connectivity index is 1.70. The van der Waals surface area contributed by atoms with Gasteiger partial charge in [0.1, 0.15) is 0 Å². The van der Waals surface area contributed by atoms with Crippen LogP contribution in [-0.4, -0.2) is 0 Å². The van der Waals surface area contributed by atoms with Gasteiger partial charge in [-0.3, -0.25) is 0 Å². The molecule has 122 valence electrons. The van der Waals surface area contributed by atoms with Gasteiger partial charge in [-0.05, 0) is 49.1 Å². The summed E-state index contributed by atoms with van der Waals surface area (Å²) in [6.45, 7) is 4.47. The summed E-state index contributed by atoms with van der Waals surface area (Å²) < 4.78 is 6.07. The lowest BCUT2D eigenvalue weighted by atomic mass is 9.98. The molecule has 23 heavy (non-hydrogen) atoms. The Hall–Kier alpha value is -1.96. The molecule has 0 unspecified atom stereocenters. The van der Waals surface area contributed by atoms with Gasteiger partial charge in [0.15, 0.2) is 11.5 Å². The number of benzene rings is 2. The van der Waals surface area contributed by atoms with Gasteiger partial charge in [-0.1, -0.05) is 57.2 Å². The van der Waals surface area contributed by atoms with Crippen molar-refractivity contribution in [2.45, 2.75) is 58.8 Å². The van der Waals surface area contributed by atoms with Gasteiger partial charge >= 0.3 is 0 Å². The van der Waals surface area contributed by atoms with Crippen LogP contribution in [0.15, 0.2) is 36.4 Å². The number of hydrogen-bond donors (Lipinski definition) is 1. The van der Waals surface area contributed by atoms with Crippen molar-refractivity contribution < 1.29 is 4.74 Å². The second-order valence-corrected chi connectivity index (χ2v) is 6.48.